The molecule has 0 spiro atoms. The number of hydrogen-bond acceptors (Lipinski definition) is 6. The lowest BCUT2D eigenvalue weighted by Crippen LogP contribution is -2.11. The third-order valence-electron chi connectivity index (χ3n) is 5.23. The van der Waals surface area contributed by atoms with Crippen LogP contribution in [0.2, 0.25) is 0 Å². The van der Waals surface area contributed by atoms with Crippen LogP contribution in [0.4, 0.5) is 10.2 Å². The highest BCUT2D eigenvalue weighted by Gasteiger charge is 2.28. The van der Waals surface area contributed by atoms with Gasteiger partial charge < -0.3 is 10.5 Å². The summed E-state index contributed by atoms with van der Waals surface area (Å²) in [5.41, 5.74) is 7.92. The van der Waals surface area contributed by atoms with E-state index in [0.29, 0.717) is 17.0 Å². The largest absolute Gasteiger partial charge is 0.433 e. The Bertz CT molecular complexity index is 1080. The average Bonchev–Trinajstić information content (AvgIpc) is 2.91. The van der Waals surface area contributed by atoms with Crippen LogP contribution >= 0.6 is 0 Å². The molecule has 0 amide bonds. The molecule has 1 aromatic carbocycles. The fraction of sp³-hybridized carbons (Fsp3) is 0.300. The molecule has 28 heavy (non-hydrogen) atoms. The Kier molecular flexibility index (Phi) is 4.43. The van der Waals surface area contributed by atoms with E-state index >= 15 is 4.39 Å². The summed E-state index contributed by atoms with van der Waals surface area (Å²) in [6.07, 6.45) is 5.85. The van der Waals surface area contributed by atoms with E-state index in [-0.39, 0.29) is 28.9 Å². The lowest BCUT2D eigenvalue weighted by atomic mass is 9.79. The molecule has 7 nitrogen and oxygen atoms in total. The first kappa shape index (κ1) is 17.9. The summed E-state index contributed by atoms with van der Waals surface area (Å²) in [6, 6.07) is 5.63. The summed E-state index contributed by atoms with van der Waals surface area (Å²) < 4.78 is 23.0. The molecule has 0 aliphatic heterocycles. The molecule has 142 valence electrons. The van der Waals surface area contributed by atoms with Gasteiger partial charge in [0.05, 0.1) is 23.8 Å². The highest BCUT2D eigenvalue weighted by Crippen LogP contribution is 2.45. The van der Waals surface area contributed by atoms with Crippen molar-refractivity contribution in [2.24, 2.45) is 7.05 Å². The second-order valence-corrected chi connectivity index (χ2v) is 6.90. The first-order valence-electron chi connectivity index (χ1n) is 9.01. The zero-order valence-electron chi connectivity index (χ0n) is 15.6. The summed E-state index contributed by atoms with van der Waals surface area (Å²) >= 11 is 0. The highest BCUT2D eigenvalue weighted by atomic mass is 19.1. The van der Waals surface area contributed by atoms with E-state index in [1.807, 2.05) is 6.07 Å². The van der Waals surface area contributed by atoms with Crippen molar-refractivity contribution in [3.8, 4) is 29.0 Å². The van der Waals surface area contributed by atoms with Gasteiger partial charge in [-0.1, -0.05) is 12.5 Å². The average molecular weight is 378 g/mol. The van der Waals surface area contributed by atoms with Gasteiger partial charge in [-0.15, -0.1) is 5.10 Å². The molecule has 0 atom stereocenters. The summed E-state index contributed by atoms with van der Waals surface area (Å²) in [7, 11) is 1.71. The lowest BCUT2D eigenvalue weighted by molar-refractivity contribution is 0.376. The molecule has 0 radical (unpaired) electrons. The van der Waals surface area contributed by atoms with Crippen molar-refractivity contribution in [3.63, 3.8) is 0 Å². The van der Waals surface area contributed by atoms with Crippen molar-refractivity contribution in [2.45, 2.75) is 32.1 Å². The van der Waals surface area contributed by atoms with Gasteiger partial charge in [0, 0.05) is 18.2 Å². The smallest absolute Gasteiger partial charge is 0.256 e. The van der Waals surface area contributed by atoms with Crippen molar-refractivity contribution in [1.82, 2.24) is 19.7 Å². The molecular weight excluding hydrogens is 359 g/mol. The maximum Gasteiger partial charge on any atom is 0.256 e. The van der Waals surface area contributed by atoms with Crippen molar-refractivity contribution >= 4 is 5.82 Å². The van der Waals surface area contributed by atoms with Crippen molar-refractivity contribution < 1.29 is 9.13 Å². The molecule has 1 saturated carbocycles. The van der Waals surface area contributed by atoms with Crippen LogP contribution in [0.1, 0.15) is 42.0 Å². The first-order valence-corrected chi connectivity index (χ1v) is 9.01. The van der Waals surface area contributed by atoms with Crippen LogP contribution in [-0.4, -0.2) is 19.7 Å². The van der Waals surface area contributed by atoms with Crippen molar-refractivity contribution in [3.05, 3.63) is 47.2 Å². The van der Waals surface area contributed by atoms with Crippen molar-refractivity contribution in [1.29, 1.82) is 5.26 Å². The first-order chi connectivity index (χ1) is 13.5. The van der Waals surface area contributed by atoms with E-state index < -0.39 is 5.82 Å². The second-order valence-electron chi connectivity index (χ2n) is 6.90. The van der Waals surface area contributed by atoms with Gasteiger partial charge in [0.15, 0.2) is 11.6 Å². The molecule has 0 unspecified atom stereocenters. The molecule has 3 aromatic rings. The zero-order valence-corrected chi connectivity index (χ0v) is 15.6. The maximum atomic E-state index is 15.5. The van der Waals surface area contributed by atoms with Gasteiger partial charge in [-0.05, 0) is 31.7 Å². The van der Waals surface area contributed by atoms with E-state index in [9.17, 15) is 5.26 Å². The Hall–Kier alpha value is -3.47. The lowest BCUT2D eigenvalue weighted by Gasteiger charge is -2.28. The minimum absolute atomic E-state index is 0.0930. The molecular formula is C20H19FN6O. The van der Waals surface area contributed by atoms with Crippen LogP contribution < -0.4 is 10.5 Å². The van der Waals surface area contributed by atoms with Gasteiger partial charge >= 0.3 is 0 Å². The van der Waals surface area contributed by atoms with E-state index in [0.717, 1.165) is 24.8 Å². The number of nitrogens with zero attached hydrogens (tertiary/aromatic N) is 5. The fourth-order valence-electron chi connectivity index (χ4n) is 3.27. The van der Waals surface area contributed by atoms with E-state index in [2.05, 4.69) is 21.1 Å². The zero-order chi connectivity index (χ0) is 19.8. The van der Waals surface area contributed by atoms with Crippen LogP contribution in [0.15, 0.2) is 24.5 Å². The predicted molar refractivity (Wildman–Crippen MR) is 101 cm³/mol. The molecule has 2 aromatic heterocycles. The van der Waals surface area contributed by atoms with Crippen LogP contribution in [0, 0.1) is 24.1 Å². The summed E-state index contributed by atoms with van der Waals surface area (Å²) in [4.78, 5) is 8.15. The van der Waals surface area contributed by atoms with Gasteiger partial charge in [-0.2, -0.15) is 5.26 Å². The number of nitriles is 1. The highest BCUT2D eigenvalue weighted by molar-refractivity contribution is 5.64. The summed E-state index contributed by atoms with van der Waals surface area (Å²) in [6.45, 7) is 1.77. The minimum Gasteiger partial charge on any atom is -0.433 e. The molecule has 2 heterocycles. The molecule has 1 fully saturated rings. The number of hydrogen-bond donors (Lipinski definition) is 1. The Labute approximate surface area is 161 Å². The molecule has 2 N–H and O–H groups in total. The summed E-state index contributed by atoms with van der Waals surface area (Å²) in [5, 5.41) is 13.7. The van der Waals surface area contributed by atoms with Gasteiger partial charge in [0.1, 0.15) is 17.5 Å². The number of nitrogens with two attached hydrogens (primary N) is 1. The van der Waals surface area contributed by atoms with Crippen LogP contribution in [0.5, 0.6) is 11.6 Å². The molecule has 8 heteroatoms. The second kappa shape index (κ2) is 6.93. The number of ether oxygens (including phenoxy) is 1. The number of aromatic nitrogens is 4. The number of benzene rings is 1. The van der Waals surface area contributed by atoms with Gasteiger partial charge in [-0.3, -0.25) is 9.67 Å². The predicted octanol–water partition coefficient (Wildman–Crippen LogP) is 3.84. The third kappa shape index (κ3) is 2.95. The van der Waals surface area contributed by atoms with Crippen LogP contribution in [0.3, 0.4) is 0 Å². The van der Waals surface area contributed by atoms with Crippen LogP contribution in [-0.2, 0) is 7.05 Å². The van der Waals surface area contributed by atoms with Gasteiger partial charge in [-0.25, -0.2) is 9.37 Å². The van der Waals surface area contributed by atoms with E-state index in [1.54, 1.807) is 24.7 Å². The quantitative estimate of drug-likeness (QED) is 0.740. The maximum absolute atomic E-state index is 15.5. The molecule has 0 bridgehead atoms. The Morgan fingerprint density at radius 3 is 2.68 bits per heavy atom. The van der Waals surface area contributed by atoms with E-state index in [4.69, 9.17) is 10.5 Å². The monoisotopic (exact) mass is 378 g/mol. The number of rotatable bonds is 4. The Morgan fingerprint density at radius 2 is 2.07 bits per heavy atom. The third-order valence-corrected chi connectivity index (χ3v) is 5.23. The van der Waals surface area contributed by atoms with Gasteiger partial charge in [0.25, 0.3) is 5.88 Å². The Balaban J connectivity index is 1.84. The van der Waals surface area contributed by atoms with Gasteiger partial charge in [0.2, 0.25) is 0 Å². The fourth-order valence-corrected chi connectivity index (χ4v) is 3.27. The topological polar surface area (TPSA) is 103 Å². The summed E-state index contributed by atoms with van der Waals surface area (Å²) in [5.74, 6) is 0.134. The van der Waals surface area contributed by atoms with Crippen LogP contribution in [0.25, 0.3) is 11.3 Å². The number of nitrogen functional groups attached to an aromatic ring is 1. The van der Waals surface area contributed by atoms with Crippen molar-refractivity contribution in [2.75, 3.05) is 5.73 Å². The normalized spacial score (nSPS) is 13.8. The van der Waals surface area contributed by atoms with E-state index in [1.165, 1.54) is 12.4 Å². The molecule has 4 rings (SSSR count). The minimum atomic E-state index is -0.546. The number of aryl methyl sites for hydroxylation is 1. The molecule has 0 saturated heterocycles. The standard InChI is InChI=1S/C20H19FN6O/c1-11-15(8-22)20(26-27(11)2)28-19-13(12-4-3-5-12)6-7-14(18(19)21)16-9-25-17(23)10-24-16/h6-7,9-10,12H,3-5H2,1-2H3,(H2,23,25). The molecule has 1 aliphatic carbocycles. The Morgan fingerprint density at radius 1 is 1.29 bits per heavy atom. The SMILES string of the molecule is Cc1c(C#N)c(Oc2c(C3CCC3)ccc(-c3cnc(N)cn3)c2F)nn1C. The number of anilines is 1. The molecule has 1 aliphatic rings. The number of halogens is 1.